The summed E-state index contributed by atoms with van der Waals surface area (Å²) >= 11 is 0. The number of para-hydroxylation sites is 1. The van der Waals surface area contributed by atoms with Crippen LogP contribution < -0.4 is 5.56 Å². The van der Waals surface area contributed by atoms with Crippen molar-refractivity contribution in [2.45, 2.75) is 19.9 Å². The van der Waals surface area contributed by atoms with Gasteiger partial charge in [0.1, 0.15) is 0 Å². The number of nitrogens with zero attached hydrogens (tertiary/aromatic N) is 2. The van der Waals surface area contributed by atoms with Gasteiger partial charge in [-0.2, -0.15) is 0 Å². The highest BCUT2D eigenvalue weighted by atomic mass is 16.1. The van der Waals surface area contributed by atoms with Gasteiger partial charge >= 0.3 is 0 Å². The molecule has 0 aliphatic heterocycles. The Labute approximate surface area is 94.1 Å². The van der Waals surface area contributed by atoms with Gasteiger partial charge in [0.05, 0.1) is 17.2 Å². The first kappa shape index (κ1) is 10.6. The molecule has 2 aromatic rings. The quantitative estimate of drug-likeness (QED) is 0.735. The fraction of sp³-hybridized carbons (Fsp3) is 0.231. The van der Waals surface area contributed by atoms with E-state index < -0.39 is 0 Å². The normalized spacial score (nSPS) is 10.6. The predicted molar refractivity (Wildman–Crippen MR) is 65.6 cm³/mol. The summed E-state index contributed by atoms with van der Waals surface area (Å²) in [6, 6.07) is 5.67. The lowest BCUT2D eigenvalue weighted by Gasteiger charge is -2.05. The summed E-state index contributed by atoms with van der Waals surface area (Å²) in [6.45, 7) is 6.25. The van der Waals surface area contributed by atoms with Crippen LogP contribution in [-0.2, 0) is 6.54 Å². The van der Waals surface area contributed by atoms with Gasteiger partial charge in [-0.3, -0.25) is 9.36 Å². The van der Waals surface area contributed by atoms with Crippen LogP contribution in [0.3, 0.4) is 0 Å². The third-order valence-electron chi connectivity index (χ3n) is 2.63. The van der Waals surface area contributed by atoms with Crippen molar-refractivity contribution >= 4 is 10.9 Å². The average Bonchev–Trinajstić information content (AvgIpc) is 2.29. The van der Waals surface area contributed by atoms with Crippen molar-refractivity contribution < 1.29 is 0 Å². The third-order valence-corrected chi connectivity index (χ3v) is 2.63. The molecule has 1 heterocycles. The highest BCUT2D eigenvalue weighted by Crippen LogP contribution is 2.11. The van der Waals surface area contributed by atoms with E-state index in [1.165, 1.54) is 0 Å². The van der Waals surface area contributed by atoms with Crippen molar-refractivity contribution in [3.8, 4) is 0 Å². The number of allylic oxidation sites excluding steroid dienone is 1. The van der Waals surface area contributed by atoms with Crippen LogP contribution in [0.15, 0.2) is 42.0 Å². The minimum absolute atomic E-state index is 0.0237. The molecule has 0 saturated heterocycles. The zero-order valence-electron chi connectivity index (χ0n) is 9.31. The topological polar surface area (TPSA) is 34.9 Å². The Morgan fingerprint density at radius 1 is 1.50 bits per heavy atom. The van der Waals surface area contributed by atoms with E-state index in [9.17, 15) is 4.79 Å². The molecule has 0 aliphatic rings. The monoisotopic (exact) mass is 214 g/mol. The molecule has 1 aromatic heterocycles. The van der Waals surface area contributed by atoms with E-state index in [0.717, 1.165) is 17.5 Å². The molecule has 0 bridgehead atoms. The molecule has 0 aliphatic carbocycles. The Balaban J connectivity index is 2.61. The number of benzene rings is 1. The number of aryl methyl sites for hydroxylation is 2. The Morgan fingerprint density at radius 2 is 2.31 bits per heavy atom. The van der Waals surface area contributed by atoms with Crippen molar-refractivity contribution in [3.05, 3.63) is 53.1 Å². The van der Waals surface area contributed by atoms with E-state index in [-0.39, 0.29) is 5.56 Å². The maximum atomic E-state index is 12.1. The van der Waals surface area contributed by atoms with Crippen LogP contribution in [0.1, 0.15) is 12.0 Å². The molecule has 16 heavy (non-hydrogen) atoms. The number of aromatic nitrogens is 2. The van der Waals surface area contributed by atoms with Crippen LogP contribution in [-0.4, -0.2) is 9.55 Å². The SMILES string of the molecule is C=CCCn1cnc2c(C)cccc2c1=O. The van der Waals surface area contributed by atoms with Crippen LogP contribution in [0.4, 0.5) is 0 Å². The minimum atomic E-state index is 0.0237. The molecule has 0 N–H and O–H groups in total. The second kappa shape index (κ2) is 4.31. The molecule has 3 heteroatoms. The Bertz CT molecular complexity index is 584. The lowest BCUT2D eigenvalue weighted by Crippen LogP contribution is -2.20. The molecular formula is C13H14N2O. The molecule has 1 aromatic carbocycles. The zero-order chi connectivity index (χ0) is 11.5. The van der Waals surface area contributed by atoms with E-state index in [1.54, 1.807) is 17.0 Å². The van der Waals surface area contributed by atoms with Gasteiger partial charge in [-0.15, -0.1) is 6.58 Å². The molecule has 0 radical (unpaired) electrons. The maximum absolute atomic E-state index is 12.1. The van der Waals surface area contributed by atoms with Crippen molar-refractivity contribution in [3.63, 3.8) is 0 Å². The Kier molecular flexibility index (Phi) is 2.86. The van der Waals surface area contributed by atoms with Gasteiger partial charge in [0.25, 0.3) is 5.56 Å². The summed E-state index contributed by atoms with van der Waals surface area (Å²) in [7, 11) is 0. The van der Waals surface area contributed by atoms with Gasteiger partial charge in [-0.05, 0) is 25.0 Å². The Hall–Kier alpha value is -1.90. The first-order chi connectivity index (χ1) is 7.74. The molecule has 0 fully saturated rings. The summed E-state index contributed by atoms with van der Waals surface area (Å²) in [5, 5.41) is 0.687. The molecule has 0 unspecified atom stereocenters. The second-order valence-electron chi connectivity index (χ2n) is 3.79. The fourth-order valence-corrected chi connectivity index (χ4v) is 1.73. The number of rotatable bonds is 3. The summed E-state index contributed by atoms with van der Waals surface area (Å²) in [5.41, 5.74) is 1.85. The van der Waals surface area contributed by atoms with Gasteiger partial charge in [0, 0.05) is 6.54 Å². The molecule has 82 valence electrons. The highest BCUT2D eigenvalue weighted by molar-refractivity contribution is 5.80. The van der Waals surface area contributed by atoms with Crippen molar-refractivity contribution in [2.24, 2.45) is 0 Å². The maximum Gasteiger partial charge on any atom is 0.261 e. The van der Waals surface area contributed by atoms with Crippen molar-refractivity contribution in [1.82, 2.24) is 9.55 Å². The van der Waals surface area contributed by atoms with Crippen LogP contribution in [0.5, 0.6) is 0 Å². The van der Waals surface area contributed by atoms with Gasteiger partial charge < -0.3 is 0 Å². The lowest BCUT2D eigenvalue weighted by molar-refractivity contribution is 0.674. The molecule has 0 amide bonds. The van der Waals surface area contributed by atoms with E-state index in [4.69, 9.17) is 0 Å². The highest BCUT2D eigenvalue weighted by Gasteiger charge is 2.04. The fourth-order valence-electron chi connectivity index (χ4n) is 1.73. The van der Waals surface area contributed by atoms with Gasteiger partial charge in [-0.1, -0.05) is 18.2 Å². The third kappa shape index (κ3) is 1.76. The zero-order valence-corrected chi connectivity index (χ0v) is 9.31. The molecule has 2 rings (SSSR count). The summed E-state index contributed by atoms with van der Waals surface area (Å²) in [5.74, 6) is 0. The largest absolute Gasteiger partial charge is 0.298 e. The predicted octanol–water partition coefficient (Wildman–Crippen LogP) is 2.28. The smallest absolute Gasteiger partial charge is 0.261 e. The molecule has 0 saturated carbocycles. The summed E-state index contributed by atoms with van der Waals surface area (Å²) in [6.07, 6.45) is 4.19. The summed E-state index contributed by atoms with van der Waals surface area (Å²) in [4.78, 5) is 16.4. The summed E-state index contributed by atoms with van der Waals surface area (Å²) < 4.78 is 1.63. The van der Waals surface area contributed by atoms with Crippen LogP contribution in [0.25, 0.3) is 10.9 Å². The van der Waals surface area contributed by atoms with Crippen molar-refractivity contribution in [1.29, 1.82) is 0 Å². The molecular weight excluding hydrogens is 200 g/mol. The van der Waals surface area contributed by atoms with Crippen molar-refractivity contribution in [2.75, 3.05) is 0 Å². The molecule has 3 nitrogen and oxygen atoms in total. The van der Waals surface area contributed by atoms with E-state index in [1.807, 2.05) is 25.1 Å². The number of hydrogen-bond acceptors (Lipinski definition) is 2. The van der Waals surface area contributed by atoms with Crippen LogP contribution in [0, 0.1) is 6.92 Å². The van der Waals surface area contributed by atoms with E-state index in [2.05, 4.69) is 11.6 Å². The number of hydrogen-bond donors (Lipinski definition) is 0. The average molecular weight is 214 g/mol. The molecule has 0 spiro atoms. The first-order valence-corrected chi connectivity index (χ1v) is 5.29. The second-order valence-corrected chi connectivity index (χ2v) is 3.79. The first-order valence-electron chi connectivity index (χ1n) is 5.29. The minimum Gasteiger partial charge on any atom is -0.298 e. The van der Waals surface area contributed by atoms with Crippen LogP contribution in [0.2, 0.25) is 0 Å². The van der Waals surface area contributed by atoms with Gasteiger partial charge in [0.15, 0.2) is 0 Å². The van der Waals surface area contributed by atoms with E-state index >= 15 is 0 Å². The number of fused-ring (bicyclic) bond motifs is 1. The standard InChI is InChI=1S/C13H14N2O/c1-3-4-8-15-9-14-12-10(2)6-5-7-11(12)13(15)16/h3,5-7,9H,1,4,8H2,2H3. The van der Waals surface area contributed by atoms with Crippen LogP contribution >= 0.6 is 0 Å². The Morgan fingerprint density at radius 3 is 3.06 bits per heavy atom. The van der Waals surface area contributed by atoms with E-state index in [0.29, 0.717) is 11.9 Å². The molecule has 0 atom stereocenters. The van der Waals surface area contributed by atoms with Gasteiger partial charge in [0.2, 0.25) is 0 Å². The van der Waals surface area contributed by atoms with Gasteiger partial charge in [-0.25, -0.2) is 4.98 Å². The lowest BCUT2D eigenvalue weighted by atomic mass is 10.1.